The molecule has 152 valence electrons. The maximum Gasteiger partial charge on any atom is 0.419 e. The molecule has 10 heteroatoms. The van der Waals surface area contributed by atoms with E-state index in [1.54, 1.807) is 0 Å². The van der Waals surface area contributed by atoms with Gasteiger partial charge in [-0.15, -0.1) is 0 Å². The summed E-state index contributed by atoms with van der Waals surface area (Å²) in [5.74, 6) is 0.503. The van der Waals surface area contributed by atoms with E-state index in [4.69, 9.17) is 5.73 Å². The highest BCUT2D eigenvalue weighted by molar-refractivity contribution is 5.63. The Morgan fingerprint density at radius 2 is 1.97 bits per heavy atom. The smallest absolute Gasteiger partial charge is 0.383 e. The Morgan fingerprint density at radius 1 is 1.17 bits per heavy atom. The molecule has 3 aromatic heterocycles. The van der Waals surface area contributed by atoms with Gasteiger partial charge in [-0.25, -0.2) is 4.98 Å². The van der Waals surface area contributed by atoms with E-state index >= 15 is 0 Å². The van der Waals surface area contributed by atoms with E-state index in [2.05, 4.69) is 25.2 Å². The van der Waals surface area contributed by atoms with Gasteiger partial charge >= 0.3 is 6.18 Å². The Labute approximate surface area is 164 Å². The van der Waals surface area contributed by atoms with Crippen LogP contribution in [0.5, 0.6) is 0 Å². The van der Waals surface area contributed by atoms with Gasteiger partial charge < -0.3 is 10.6 Å². The Hall–Kier alpha value is -3.04. The zero-order chi connectivity index (χ0) is 20.4. The number of hydrogen-bond acceptors (Lipinski definition) is 5. The van der Waals surface area contributed by atoms with Crippen LogP contribution in [-0.4, -0.2) is 38.1 Å². The molecule has 29 heavy (non-hydrogen) atoms. The van der Waals surface area contributed by atoms with E-state index in [0.29, 0.717) is 11.3 Å². The second-order valence-corrected chi connectivity index (χ2v) is 7.90. The van der Waals surface area contributed by atoms with Gasteiger partial charge in [-0.2, -0.15) is 23.4 Å². The summed E-state index contributed by atoms with van der Waals surface area (Å²) in [6.07, 6.45) is 0.538. The first-order valence-electron chi connectivity index (χ1n) is 9.43. The number of nitrogens with two attached hydrogens (primary N) is 1. The van der Waals surface area contributed by atoms with Crippen molar-refractivity contribution in [2.75, 3.05) is 23.7 Å². The molecule has 0 bridgehead atoms. The number of aromatic amines is 1. The predicted octanol–water partition coefficient (Wildman–Crippen LogP) is 3.13. The first-order valence-corrected chi connectivity index (χ1v) is 9.43. The van der Waals surface area contributed by atoms with Crippen molar-refractivity contribution in [2.24, 2.45) is 0 Å². The number of halogens is 3. The van der Waals surface area contributed by atoms with Crippen molar-refractivity contribution in [2.45, 2.75) is 37.9 Å². The number of hydrogen-bond donors (Lipinski definition) is 2. The van der Waals surface area contributed by atoms with Crippen LogP contribution in [0.1, 0.15) is 29.7 Å². The van der Waals surface area contributed by atoms with Crippen molar-refractivity contribution in [3.05, 3.63) is 41.3 Å². The quantitative estimate of drug-likeness (QED) is 0.686. The van der Waals surface area contributed by atoms with Crippen molar-refractivity contribution >= 4 is 11.6 Å². The van der Waals surface area contributed by atoms with Gasteiger partial charge in [-0.05, 0) is 31.9 Å². The minimum absolute atomic E-state index is 0.0586. The molecule has 0 saturated carbocycles. The van der Waals surface area contributed by atoms with Gasteiger partial charge in [0, 0.05) is 48.1 Å². The first-order chi connectivity index (χ1) is 13.8. The molecule has 1 unspecified atom stereocenters. The standard InChI is InChI=1S/C19H20F3N7/c1-11-8-25-26-17(11)28-4-2-18(10-28)3-5-29-15(18)7-14(27-29)12-6-13(19(20,21)22)16(23)24-9-12/h6-9H,2-5,10H2,1H3,(H2,23,24)(H,25,26). The van der Waals surface area contributed by atoms with E-state index in [9.17, 15) is 13.2 Å². The third-order valence-corrected chi connectivity index (χ3v) is 6.12. The van der Waals surface area contributed by atoms with Crippen LogP contribution in [0.15, 0.2) is 24.5 Å². The van der Waals surface area contributed by atoms with Crippen molar-refractivity contribution in [3.63, 3.8) is 0 Å². The van der Waals surface area contributed by atoms with Gasteiger partial charge in [-0.1, -0.05) is 0 Å². The molecular weight excluding hydrogens is 383 g/mol. The number of nitrogens with one attached hydrogen (secondary N) is 1. The van der Waals surface area contributed by atoms with Crippen molar-refractivity contribution < 1.29 is 13.2 Å². The zero-order valence-electron chi connectivity index (χ0n) is 15.8. The number of pyridine rings is 1. The number of alkyl halides is 3. The van der Waals surface area contributed by atoms with Crippen molar-refractivity contribution in [1.29, 1.82) is 0 Å². The fourth-order valence-corrected chi connectivity index (χ4v) is 4.58. The summed E-state index contributed by atoms with van der Waals surface area (Å²) in [6.45, 7) is 4.49. The number of aromatic nitrogens is 5. The van der Waals surface area contributed by atoms with Gasteiger partial charge in [0.25, 0.3) is 0 Å². The monoisotopic (exact) mass is 403 g/mol. The average Bonchev–Trinajstić information content (AvgIpc) is 3.41. The van der Waals surface area contributed by atoms with Crippen molar-refractivity contribution in [1.82, 2.24) is 25.0 Å². The lowest BCUT2D eigenvalue weighted by molar-refractivity contribution is -0.137. The Bertz CT molecular complexity index is 1080. The molecule has 1 atom stereocenters. The Kier molecular flexibility index (Phi) is 3.71. The molecule has 3 N–H and O–H groups in total. The van der Waals surface area contributed by atoms with E-state index in [1.807, 2.05) is 23.9 Å². The highest BCUT2D eigenvalue weighted by Gasteiger charge is 2.46. The first kappa shape index (κ1) is 18.0. The molecule has 2 aliphatic rings. The molecule has 5 rings (SSSR count). The molecule has 2 aliphatic heterocycles. The molecule has 0 amide bonds. The topological polar surface area (TPSA) is 88.7 Å². The SMILES string of the molecule is Cc1cn[nH]c1N1CCC2(CCn3nc(-c4cnc(N)c(C(F)(F)F)c4)cc32)C1. The molecule has 0 radical (unpaired) electrons. The zero-order valence-corrected chi connectivity index (χ0v) is 15.8. The normalized spacial score (nSPS) is 21.3. The molecule has 1 spiro atoms. The molecule has 0 aromatic carbocycles. The number of nitrogen functional groups attached to an aromatic ring is 1. The van der Waals surface area contributed by atoms with E-state index in [1.165, 1.54) is 6.20 Å². The summed E-state index contributed by atoms with van der Waals surface area (Å²) >= 11 is 0. The van der Waals surface area contributed by atoms with Crippen LogP contribution >= 0.6 is 0 Å². The summed E-state index contributed by atoms with van der Waals surface area (Å²) in [4.78, 5) is 6.03. The lowest BCUT2D eigenvalue weighted by atomic mass is 9.82. The number of anilines is 2. The molecule has 1 saturated heterocycles. The van der Waals surface area contributed by atoms with Gasteiger partial charge in [0.15, 0.2) is 0 Å². The lowest BCUT2D eigenvalue weighted by Gasteiger charge is -2.24. The van der Waals surface area contributed by atoms with Crippen LogP contribution in [0.3, 0.4) is 0 Å². The average molecular weight is 403 g/mol. The number of nitrogens with zero attached hydrogens (tertiary/aromatic N) is 5. The molecule has 5 heterocycles. The third kappa shape index (κ3) is 2.77. The predicted molar refractivity (Wildman–Crippen MR) is 101 cm³/mol. The van der Waals surface area contributed by atoms with Crippen LogP contribution < -0.4 is 10.6 Å². The second-order valence-electron chi connectivity index (χ2n) is 7.90. The molecule has 0 aliphatic carbocycles. The summed E-state index contributed by atoms with van der Waals surface area (Å²) < 4.78 is 41.5. The van der Waals surface area contributed by atoms with Crippen LogP contribution in [0.4, 0.5) is 24.8 Å². The van der Waals surface area contributed by atoms with Crippen LogP contribution in [0, 0.1) is 6.92 Å². The van der Waals surface area contributed by atoms with Crippen LogP contribution in [0.25, 0.3) is 11.3 Å². The summed E-state index contributed by atoms with van der Waals surface area (Å²) in [6, 6.07) is 2.94. The number of rotatable bonds is 2. The Balaban J connectivity index is 1.48. The highest BCUT2D eigenvalue weighted by atomic mass is 19.4. The summed E-state index contributed by atoms with van der Waals surface area (Å²) in [7, 11) is 0. The second kappa shape index (κ2) is 5.98. The van der Waals surface area contributed by atoms with Crippen LogP contribution in [0.2, 0.25) is 0 Å². The molecule has 3 aromatic rings. The number of aryl methyl sites for hydroxylation is 2. The van der Waals surface area contributed by atoms with Crippen molar-refractivity contribution in [3.8, 4) is 11.3 Å². The number of fused-ring (bicyclic) bond motifs is 2. The highest BCUT2D eigenvalue weighted by Crippen LogP contribution is 2.45. The fraction of sp³-hybridized carbons (Fsp3) is 0.421. The maximum absolute atomic E-state index is 13.2. The van der Waals surface area contributed by atoms with Gasteiger partial charge in [-0.3, -0.25) is 9.78 Å². The molecular formula is C19H20F3N7. The fourth-order valence-electron chi connectivity index (χ4n) is 4.58. The number of H-pyrrole nitrogens is 1. The molecule has 7 nitrogen and oxygen atoms in total. The van der Waals surface area contributed by atoms with E-state index in [-0.39, 0.29) is 5.41 Å². The van der Waals surface area contributed by atoms with Gasteiger partial charge in [0.2, 0.25) is 0 Å². The Morgan fingerprint density at radius 3 is 2.69 bits per heavy atom. The van der Waals surface area contributed by atoms with Gasteiger partial charge in [0.1, 0.15) is 11.6 Å². The largest absolute Gasteiger partial charge is 0.419 e. The summed E-state index contributed by atoms with van der Waals surface area (Å²) in [5.41, 5.74) is 7.42. The van der Waals surface area contributed by atoms with Gasteiger partial charge in [0.05, 0.1) is 17.5 Å². The maximum atomic E-state index is 13.2. The third-order valence-electron chi connectivity index (χ3n) is 6.12. The summed E-state index contributed by atoms with van der Waals surface area (Å²) in [5, 5.41) is 11.7. The minimum Gasteiger partial charge on any atom is -0.383 e. The lowest BCUT2D eigenvalue weighted by Crippen LogP contribution is -2.29. The van der Waals surface area contributed by atoms with E-state index in [0.717, 1.165) is 55.6 Å². The van der Waals surface area contributed by atoms with E-state index < -0.39 is 17.6 Å². The minimum atomic E-state index is -4.55. The molecule has 1 fully saturated rings. The van der Waals surface area contributed by atoms with Crippen LogP contribution in [-0.2, 0) is 18.1 Å².